The molecule has 0 saturated carbocycles. The number of carbonyl (C=O) groups excluding carboxylic acids is 1. The van der Waals surface area contributed by atoms with Crippen LogP contribution in [-0.2, 0) is 11.8 Å². The van der Waals surface area contributed by atoms with Crippen molar-refractivity contribution in [3.05, 3.63) is 22.5 Å². The van der Waals surface area contributed by atoms with Crippen LogP contribution in [0.5, 0.6) is 0 Å². The van der Waals surface area contributed by atoms with E-state index in [9.17, 15) is 4.79 Å². The maximum atomic E-state index is 11.8. The molecule has 0 N–H and O–H groups in total. The monoisotopic (exact) mass is 269 g/mol. The highest BCUT2D eigenvalue weighted by Gasteiger charge is 2.09. The van der Waals surface area contributed by atoms with E-state index in [2.05, 4.69) is 12.0 Å². The minimum atomic E-state index is -0.0113. The Bertz CT molecular complexity index is 451. The lowest BCUT2D eigenvalue weighted by Crippen LogP contribution is -2.25. The Labute approximate surface area is 113 Å². The van der Waals surface area contributed by atoms with Crippen LogP contribution in [0.4, 0.5) is 0 Å². The first-order chi connectivity index (χ1) is 8.47. The van der Waals surface area contributed by atoms with Crippen molar-refractivity contribution in [2.45, 2.75) is 26.7 Å². The van der Waals surface area contributed by atoms with Crippen LogP contribution in [0.3, 0.4) is 0 Å². The summed E-state index contributed by atoms with van der Waals surface area (Å²) >= 11 is 6.09. The first kappa shape index (κ1) is 14.8. The zero-order valence-corrected chi connectivity index (χ0v) is 12.2. The molecule has 0 aliphatic carbocycles. The largest absolute Gasteiger partial charge is 0.342 e. The van der Waals surface area contributed by atoms with E-state index in [1.54, 1.807) is 35.8 Å². The summed E-state index contributed by atoms with van der Waals surface area (Å²) < 4.78 is 1.60. The van der Waals surface area contributed by atoms with Crippen LogP contribution in [0.15, 0.2) is 6.08 Å². The Morgan fingerprint density at radius 1 is 1.56 bits per heavy atom. The quantitative estimate of drug-likeness (QED) is 0.771. The summed E-state index contributed by atoms with van der Waals surface area (Å²) in [6.07, 6.45) is 5.37. The van der Waals surface area contributed by atoms with Gasteiger partial charge in [-0.2, -0.15) is 5.10 Å². The van der Waals surface area contributed by atoms with E-state index in [1.165, 1.54) is 0 Å². The van der Waals surface area contributed by atoms with Gasteiger partial charge in [-0.3, -0.25) is 9.48 Å². The van der Waals surface area contributed by atoms with Gasteiger partial charge in [0, 0.05) is 32.3 Å². The van der Waals surface area contributed by atoms with Crippen molar-refractivity contribution in [2.24, 2.45) is 7.05 Å². The fraction of sp³-hybridized carbons (Fsp3) is 0.538. The van der Waals surface area contributed by atoms with Gasteiger partial charge in [0.2, 0.25) is 5.91 Å². The highest BCUT2D eigenvalue weighted by Crippen LogP contribution is 2.19. The van der Waals surface area contributed by atoms with Crippen LogP contribution in [-0.4, -0.2) is 34.2 Å². The number of nitrogens with zero attached hydrogens (tertiary/aromatic N) is 3. The van der Waals surface area contributed by atoms with Crippen molar-refractivity contribution in [3.63, 3.8) is 0 Å². The van der Waals surface area contributed by atoms with Gasteiger partial charge in [-0.1, -0.05) is 24.9 Å². The number of rotatable bonds is 5. The number of halogens is 1. The fourth-order valence-corrected chi connectivity index (χ4v) is 1.86. The van der Waals surface area contributed by atoms with Crippen molar-refractivity contribution in [2.75, 3.05) is 13.6 Å². The second kappa shape index (κ2) is 6.59. The molecule has 0 fully saturated rings. The SMILES string of the molecule is CCCCN(C)C(=O)/C=C/c1c(C)nn(C)c1Cl. The second-order valence-corrected chi connectivity index (χ2v) is 4.72. The molecule has 1 rings (SSSR count). The highest BCUT2D eigenvalue weighted by atomic mass is 35.5. The summed E-state index contributed by atoms with van der Waals surface area (Å²) in [4.78, 5) is 13.5. The van der Waals surface area contributed by atoms with E-state index in [4.69, 9.17) is 11.6 Å². The van der Waals surface area contributed by atoms with Crippen LogP contribution in [0.1, 0.15) is 31.0 Å². The number of aryl methyl sites for hydroxylation is 2. The van der Waals surface area contributed by atoms with Crippen LogP contribution >= 0.6 is 11.6 Å². The molecule has 5 heteroatoms. The molecule has 0 spiro atoms. The summed E-state index contributed by atoms with van der Waals surface area (Å²) in [6, 6.07) is 0. The van der Waals surface area contributed by atoms with Crippen molar-refractivity contribution in [1.29, 1.82) is 0 Å². The third-order valence-corrected chi connectivity index (χ3v) is 3.26. The zero-order chi connectivity index (χ0) is 13.7. The predicted octanol–water partition coefficient (Wildman–Crippen LogP) is 2.65. The van der Waals surface area contributed by atoms with E-state index in [-0.39, 0.29) is 5.91 Å². The Morgan fingerprint density at radius 3 is 2.72 bits per heavy atom. The standard InChI is InChI=1S/C13H20ClN3O/c1-5-6-9-16(3)12(18)8-7-11-10(2)15-17(4)13(11)14/h7-8H,5-6,9H2,1-4H3/b8-7+. The van der Waals surface area contributed by atoms with Crippen LogP contribution in [0.2, 0.25) is 5.15 Å². The van der Waals surface area contributed by atoms with Crippen molar-refractivity contribution >= 4 is 23.6 Å². The molecule has 0 unspecified atom stereocenters. The first-order valence-corrected chi connectivity index (χ1v) is 6.47. The lowest BCUT2D eigenvalue weighted by Gasteiger charge is -2.13. The maximum Gasteiger partial charge on any atom is 0.246 e. The molecular formula is C13H20ClN3O. The van der Waals surface area contributed by atoms with Gasteiger partial charge in [-0.25, -0.2) is 0 Å². The van der Waals surface area contributed by atoms with Gasteiger partial charge in [-0.15, -0.1) is 0 Å². The molecule has 0 saturated heterocycles. The molecule has 4 nitrogen and oxygen atoms in total. The Balaban J connectivity index is 2.71. The average molecular weight is 270 g/mol. The number of aromatic nitrogens is 2. The lowest BCUT2D eigenvalue weighted by atomic mass is 10.2. The minimum Gasteiger partial charge on any atom is -0.342 e. The van der Waals surface area contributed by atoms with Gasteiger partial charge in [0.05, 0.1) is 5.69 Å². The molecule has 1 aromatic heterocycles. The number of carbonyl (C=O) groups is 1. The molecule has 0 bridgehead atoms. The van der Waals surface area contributed by atoms with E-state index in [0.29, 0.717) is 5.15 Å². The Hall–Kier alpha value is -1.29. The van der Waals surface area contributed by atoms with E-state index in [0.717, 1.165) is 30.6 Å². The molecule has 0 aromatic carbocycles. The van der Waals surface area contributed by atoms with Crippen molar-refractivity contribution in [1.82, 2.24) is 14.7 Å². The highest BCUT2D eigenvalue weighted by molar-refractivity contribution is 6.31. The first-order valence-electron chi connectivity index (χ1n) is 6.09. The summed E-state index contributed by atoms with van der Waals surface area (Å²) in [5.41, 5.74) is 1.62. The number of likely N-dealkylation sites (N-methyl/N-ethyl adjacent to an activating group) is 1. The molecule has 0 radical (unpaired) electrons. The summed E-state index contributed by atoms with van der Waals surface area (Å²) in [5.74, 6) is -0.0113. The van der Waals surface area contributed by atoms with Crippen LogP contribution in [0, 0.1) is 6.92 Å². The molecule has 1 aromatic rings. The Kier molecular flexibility index (Phi) is 5.41. The number of unbranched alkanes of at least 4 members (excludes halogenated alkanes) is 1. The van der Waals surface area contributed by atoms with Crippen molar-refractivity contribution in [3.8, 4) is 0 Å². The van der Waals surface area contributed by atoms with E-state index in [1.807, 2.05) is 6.92 Å². The van der Waals surface area contributed by atoms with Gasteiger partial charge in [0.15, 0.2) is 0 Å². The van der Waals surface area contributed by atoms with E-state index >= 15 is 0 Å². The number of amides is 1. The van der Waals surface area contributed by atoms with Crippen LogP contribution in [0.25, 0.3) is 6.08 Å². The maximum absolute atomic E-state index is 11.8. The van der Waals surface area contributed by atoms with Gasteiger partial charge in [0.1, 0.15) is 5.15 Å². The lowest BCUT2D eigenvalue weighted by molar-refractivity contribution is -0.124. The fourth-order valence-electron chi connectivity index (χ4n) is 1.62. The van der Waals surface area contributed by atoms with Crippen molar-refractivity contribution < 1.29 is 4.79 Å². The summed E-state index contributed by atoms with van der Waals surface area (Å²) in [6.45, 7) is 4.75. The second-order valence-electron chi connectivity index (χ2n) is 4.36. The van der Waals surface area contributed by atoms with Gasteiger partial charge in [-0.05, 0) is 19.4 Å². The topological polar surface area (TPSA) is 38.1 Å². The molecule has 1 amide bonds. The molecule has 0 atom stereocenters. The smallest absolute Gasteiger partial charge is 0.246 e. The normalized spacial score (nSPS) is 11.2. The van der Waals surface area contributed by atoms with E-state index < -0.39 is 0 Å². The third kappa shape index (κ3) is 3.60. The van der Waals surface area contributed by atoms with Gasteiger partial charge < -0.3 is 4.90 Å². The van der Waals surface area contributed by atoms with Gasteiger partial charge >= 0.3 is 0 Å². The molecular weight excluding hydrogens is 250 g/mol. The average Bonchev–Trinajstić information content (AvgIpc) is 2.58. The summed E-state index contributed by atoms with van der Waals surface area (Å²) in [7, 11) is 3.59. The molecule has 18 heavy (non-hydrogen) atoms. The molecule has 1 heterocycles. The molecule has 0 aliphatic heterocycles. The predicted molar refractivity (Wildman–Crippen MR) is 74.5 cm³/mol. The summed E-state index contributed by atoms with van der Waals surface area (Å²) in [5, 5.41) is 4.74. The van der Waals surface area contributed by atoms with Crippen LogP contribution < -0.4 is 0 Å². The number of hydrogen-bond donors (Lipinski definition) is 0. The Morgan fingerprint density at radius 2 is 2.22 bits per heavy atom. The number of hydrogen-bond acceptors (Lipinski definition) is 2. The molecule has 0 aliphatic rings. The zero-order valence-electron chi connectivity index (χ0n) is 11.4. The minimum absolute atomic E-state index is 0.0113. The molecule has 100 valence electrons. The van der Waals surface area contributed by atoms with Gasteiger partial charge in [0.25, 0.3) is 0 Å². The third-order valence-electron chi connectivity index (χ3n) is 2.81.